The van der Waals surface area contributed by atoms with Crippen molar-refractivity contribution in [3.05, 3.63) is 24.3 Å². The van der Waals surface area contributed by atoms with Gasteiger partial charge in [0.15, 0.2) is 0 Å². The normalized spacial score (nSPS) is 24.6. The van der Waals surface area contributed by atoms with E-state index in [0.717, 1.165) is 24.3 Å². The van der Waals surface area contributed by atoms with E-state index >= 15 is 0 Å². The van der Waals surface area contributed by atoms with Crippen LogP contribution < -0.4 is 10.1 Å². The lowest BCUT2D eigenvalue weighted by Gasteiger charge is -2.28. The first-order valence-corrected chi connectivity index (χ1v) is 7.95. The summed E-state index contributed by atoms with van der Waals surface area (Å²) in [6, 6.07) is 8.51. The third kappa shape index (κ3) is 4.13. The van der Waals surface area contributed by atoms with E-state index in [9.17, 15) is 0 Å². The summed E-state index contributed by atoms with van der Waals surface area (Å²) in [6.45, 7) is 12.8. The topological polar surface area (TPSA) is 30.5 Å². The largest absolute Gasteiger partial charge is 0.491 e. The molecule has 1 aliphatic rings. The van der Waals surface area contributed by atoms with Gasteiger partial charge in [-0.05, 0) is 59.6 Å². The van der Waals surface area contributed by atoms with Crippen LogP contribution in [-0.4, -0.2) is 23.3 Å². The van der Waals surface area contributed by atoms with Gasteiger partial charge in [-0.25, -0.2) is 0 Å². The zero-order valence-corrected chi connectivity index (χ0v) is 14.2. The molecule has 2 atom stereocenters. The predicted octanol–water partition coefficient (Wildman–Crippen LogP) is 4.62. The van der Waals surface area contributed by atoms with Gasteiger partial charge >= 0.3 is 0 Å². The van der Waals surface area contributed by atoms with Crippen LogP contribution in [0.3, 0.4) is 0 Å². The fourth-order valence-electron chi connectivity index (χ4n) is 2.96. The summed E-state index contributed by atoms with van der Waals surface area (Å²) < 4.78 is 12.0. The molecular formula is C18H29NO2. The molecule has 2 rings (SSSR count). The molecule has 1 heterocycles. The Morgan fingerprint density at radius 3 is 2.62 bits per heavy atom. The van der Waals surface area contributed by atoms with Crippen molar-refractivity contribution in [1.29, 1.82) is 0 Å². The third-order valence-electron chi connectivity index (χ3n) is 4.16. The number of hydrogen-bond acceptors (Lipinski definition) is 3. The zero-order chi connectivity index (χ0) is 15.7. The molecule has 0 spiro atoms. The number of hydrogen-bond donors (Lipinski definition) is 1. The van der Waals surface area contributed by atoms with Crippen molar-refractivity contribution in [1.82, 2.24) is 0 Å². The molecule has 3 nitrogen and oxygen atoms in total. The zero-order valence-electron chi connectivity index (χ0n) is 14.2. The SMILES string of the molecule is CCC(C)Oc1cccc(NC2CC(C)(C)OC2(C)C)c1. The Labute approximate surface area is 129 Å². The molecule has 1 N–H and O–H groups in total. The summed E-state index contributed by atoms with van der Waals surface area (Å²) in [5.41, 5.74) is 0.846. The maximum Gasteiger partial charge on any atom is 0.121 e. The molecule has 2 unspecified atom stereocenters. The van der Waals surface area contributed by atoms with Crippen molar-refractivity contribution < 1.29 is 9.47 Å². The molecule has 1 aromatic carbocycles. The number of benzene rings is 1. The van der Waals surface area contributed by atoms with Gasteiger partial charge in [0.05, 0.1) is 23.3 Å². The second-order valence-corrected chi connectivity index (χ2v) is 7.23. The molecule has 1 fully saturated rings. The van der Waals surface area contributed by atoms with Gasteiger partial charge in [-0.15, -0.1) is 0 Å². The van der Waals surface area contributed by atoms with Gasteiger partial charge in [0.1, 0.15) is 5.75 Å². The molecule has 0 bridgehead atoms. The van der Waals surface area contributed by atoms with Gasteiger partial charge in [0.25, 0.3) is 0 Å². The van der Waals surface area contributed by atoms with Crippen LogP contribution in [0.1, 0.15) is 54.4 Å². The Balaban J connectivity index is 2.08. The Hall–Kier alpha value is -1.22. The van der Waals surface area contributed by atoms with E-state index in [1.165, 1.54) is 0 Å². The Bertz CT molecular complexity index is 482. The average Bonchev–Trinajstić information content (AvgIpc) is 2.57. The van der Waals surface area contributed by atoms with Crippen LogP contribution in [0.5, 0.6) is 5.75 Å². The summed E-state index contributed by atoms with van der Waals surface area (Å²) in [6.07, 6.45) is 2.25. The molecule has 0 amide bonds. The maximum absolute atomic E-state index is 6.14. The van der Waals surface area contributed by atoms with Crippen LogP contribution in [0.2, 0.25) is 0 Å². The van der Waals surface area contributed by atoms with Crippen molar-refractivity contribution in [3.8, 4) is 5.75 Å². The van der Waals surface area contributed by atoms with Crippen molar-refractivity contribution in [3.63, 3.8) is 0 Å². The number of nitrogens with one attached hydrogen (secondary N) is 1. The van der Waals surface area contributed by atoms with Crippen molar-refractivity contribution in [2.75, 3.05) is 5.32 Å². The second kappa shape index (κ2) is 5.88. The molecule has 1 aliphatic heterocycles. The van der Waals surface area contributed by atoms with Gasteiger partial charge in [-0.1, -0.05) is 13.0 Å². The lowest BCUT2D eigenvalue weighted by Crippen LogP contribution is -2.38. The van der Waals surface area contributed by atoms with Crippen LogP contribution in [0.25, 0.3) is 0 Å². The van der Waals surface area contributed by atoms with Crippen LogP contribution in [-0.2, 0) is 4.74 Å². The molecule has 118 valence electrons. The fourth-order valence-corrected chi connectivity index (χ4v) is 2.96. The summed E-state index contributed by atoms with van der Waals surface area (Å²) >= 11 is 0. The number of rotatable bonds is 5. The molecular weight excluding hydrogens is 262 g/mol. The monoisotopic (exact) mass is 291 g/mol. The van der Waals surface area contributed by atoms with Crippen LogP contribution in [0.4, 0.5) is 5.69 Å². The number of ether oxygens (including phenoxy) is 2. The van der Waals surface area contributed by atoms with Crippen LogP contribution in [0, 0.1) is 0 Å². The summed E-state index contributed by atoms with van der Waals surface area (Å²) in [5, 5.41) is 3.61. The third-order valence-corrected chi connectivity index (χ3v) is 4.16. The van der Waals surface area contributed by atoms with Crippen molar-refractivity contribution in [2.45, 2.75) is 77.7 Å². The molecule has 0 saturated carbocycles. The fraction of sp³-hybridized carbons (Fsp3) is 0.667. The van der Waals surface area contributed by atoms with E-state index in [4.69, 9.17) is 9.47 Å². The Morgan fingerprint density at radius 1 is 1.33 bits per heavy atom. The van der Waals surface area contributed by atoms with E-state index < -0.39 is 0 Å². The minimum Gasteiger partial charge on any atom is -0.491 e. The van der Waals surface area contributed by atoms with Gasteiger partial charge in [0.2, 0.25) is 0 Å². The van der Waals surface area contributed by atoms with Crippen molar-refractivity contribution in [2.24, 2.45) is 0 Å². The average molecular weight is 291 g/mol. The molecule has 3 heteroatoms. The van der Waals surface area contributed by atoms with E-state index in [1.807, 2.05) is 12.1 Å². The molecule has 0 aromatic heterocycles. The minimum absolute atomic E-state index is 0.0774. The highest BCUT2D eigenvalue weighted by molar-refractivity contribution is 5.49. The Morgan fingerprint density at radius 2 is 2.05 bits per heavy atom. The number of anilines is 1. The first-order valence-electron chi connectivity index (χ1n) is 7.95. The van der Waals surface area contributed by atoms with E-state index in [0.29, 0.717) is 6.04 Å². The Kier molecular flexibility index (Phi) is 4.52. The minimum atomic E-state index is -0.170. The van der Waals surface area contributed by atoms with Crippen LogP contribution in [0.15, 0.2) is 24.3 Å². The first kappa shape index (κ1) is 16.2. The highest BCUT2D eigenvalue weighted by Gasteiger charge is 2.45. The molecule has 21 heavy (non-hydrogen) atoms. The molecule has 1 saturated heterocycles. The highest BCUT2D eigenvalue weighted by Crippen LogP contribution is 2.39. The highest BCUT2D eigenvalue weighted by atomic mass is 16.5. The van der Waals surface area contributed by atoms with E-state index in [2.05, 4.69) is 59.0 Å². The van der Waals surface area contributed by atoms with Gasteiger partial charge in [-0.2, -0.15) is 0 Å². The lowest BCUT2D eigenvalue weighted by atomic mass is 9.94. The molecule has 0 radical (unpaired) electrons. The predicted molar refractivity (Wildman–Crippen MR) is 88.1 cm³/mol. The summed E-state index contributed by atoms with van der Waals surface area (Å²) in [5.74, 6) is 0.922. The smallest absolute Gasteiger partial charge is 0.121 e. The lowest BCUT2D eigenvalue weighted by molar-refractivity contribution is -0.0662. The maximum atomic E-state index is 6.14. The molecule has 0 aliphatic carbocycles. The summed E-state index contributed by atoms with van der Waals surface area (Å²) in [4.78, 5) is 0. The van der Waals surface area contributed by atoms with Crippen LogP contribution >= 0.6 is 0 Å². The van der Waals surface area contributed by atoms with Crippen molar-refractivity contribution >= 4 is 5.69 Å². The van der Waals surface area contributed by atoms with E-state index in [-0.39, 0.29) is 17.3 Å². The quantitative estimate of drug-likeness (QED) is 0.858. The molecule has 1 aromatic rings. The standard InChI is InChI=1S/C18H29NO2/c1-7-13(2)20-15-10-8-9-14(11-15)19-16-12-17(3,4)21-18(16,5)6/h8-11,13,16,19H,7,12H2,1-6H3. The summed E-state index contributed by atoms with van der Waals surface area (Å²) in [7, 11) is 0. The van der Waals surface area contributed by atoms with E-state index in [1.54, 1.807) is 0 Å². The first-order chi connectivity index (χ1) is 9.72. The van der Waals surface area contributed by atoms with Gasteiger partial charge < -0.3 is 14.8 Å². The second-order valence-electron chi connectivity index (χ2n) is 7.23. The van der Waals surface area contributed by atoms with Gasteiger partial charge in [0, 0.05) is 11.8 Å². The van der Waals surface area contributed by atoms with Gasteiger partial charge in [-0.3, -0.25) is 0 Å².